The summed E-state index contributed by atoms with van der Waals surface area (Å²) in [6, 6.07) is 17.9. The van der Waals surface area contributed by atoms with Crippen LogP contribution >= 0.6 is 11.3 Å². The second-order valence-electron chi connectivity index (χ2n) is 7.20. The molecule has 0 bridgehead atoms. The Morgan fingerprint density at radius 2 is 1.63 bits per heavy atom. The van der Waals surface area contributed by atoms with E-state index in [1.165, 1.54) is 11.3 Å². The number of aromatic nitrogens is 1. The molecule has 3 aromatic rings. The van der Waals surface area contributed by atoms with Gasteiger partial charge in [0.25, 0.3) is 0 Å². The molecule has 3 rings (SSSR count). The van der Waals surface area contributed by atoms with Gasteiger partial charge in [-0.05, 0) is 23.6 Å². The number of aliphatic hydroxyl groups excluding tert-OH is 1. The minimum absolute atomic E-state index is 0.0779. The first-order valence-corrected chi connectivity index (χ1v) is 9.81. The van der Waals surface area contributed by atoms with Gasteiger partial charge in [0, 0.05) is 17.5 Å². The molecule has 0 aliphatic rings. The molecule has 0 spiro atoms. The third-order valence-corrected chi connectivity index (χ3v) is 5.53. The molecule has 5 heteroatoms. The van der Waals surface area contributed by atoms with Gasteiger partial charge >= 0.3 is 0 Å². The minimum atomic E-state index is -0.709. The molecule has 27 heavy (non-hydrogen) atoms. The Kier molecular flexibility index (Phi) is 5.73. The third-order valence-electron chi connectivity index (χ3n) is 4.84. The van der Waals surface area contributed by atoms with Gasteiger partial charge in [-0.1, -0.05) is 68.4 Å². The van der Waals surface area contributed by atoms with Gasteiger partial charge in [-0.25, -0.2) is 4.98 Å². The molecule has 2 aromatic carbocycles. The van der Waals surface area contributed by atoms with Crippen LogP contribution in [0.5, 0.6) is 0 Å². The maximum absolute atomic E-state index is 13.1. The quantitative estimate of drug-likeness (QED) is 0.633. The van der Waals surface area contributed by atoms with E-state index in [0.717, 1.165) is 16.7 Å². The first-order valence-electron chi connectivity index (χ1n) is 8.93. The van der Waals surface area contributed by atoms with E-state index in [4.69, 9.17) is 0 Å². The second kappa shape index (κ2) is 8.03. The molecule has 0 saturated carbocycles. The lowest BCUT2D eigenvalue weighted by molar-refractivity contribution is -0.124. The van der Waals surface area contributed by atoms with Crippen LogP contribution in [0, 0.1) is 5.41 Å². The van der Waals surface area contributed by atoms with Crippen LogP contribution in [0.15, 0.2) is 66.2 Å². The average molecular weight is 381 g/mol. The zero-order chi connectivity index (χ0) is 19.4. The van der Waals surface area contributed by atoms with Crippen molar-refractivity contribution < 1.29 is 9.90 Å². The van der Waals surface area contributed by atoms with Gasteiger partial charge in [-0.3, -0.25) is 4.79 Å². The van der Waals surface area contributed by atoms with Gasteiger partial charge in [0.05, 0.1) is 11.5 Å². The van der Waals surface area contributed by atoms with Crippen molar-refractivity contribution in [3.05, 3.63) is 82.9 Å². The maximum atomic E-state index is 13.1. The largest absolute Gasteiger partial charge is 0.389 e. The zero-order valence-corrected chi connectivity index (χ0v) is 16.5. The van der Waals surface area contributed by atoms with Gasteiger partial charge in [0.1, 0.15) is 0 Å². The smallest absolute Gasteiger partial charge is 0.232 e. The first-order chi connectivity index (χ1) is 12.9. The summed E-state index contributed by atoms with van der Waals surface area (Å²) < 4.78 is 0. The van der Waals surface area contributed by atoms with Crippen LogP contribution in [0.2, 0.25) is 0 Å². The van der Waals surface area contributed by atoms with Crippen molar-refractivity contribution in [2.45, 2.75) is 32.8 Å². The highest BCUT2D eigenvalue weighted by atomic mass is 32.1. The number of hydrogen-bond acceptors (Lipinski definition) is 4. The van der Waals surface area contributed by atoms with E-state index < -0.39 is 11.5 Å². The number of nitrogens with zero attached hydrogens (tertiary/aromatic N) is 1. The Balaban J connectivity index is 1.99. The lowest BCUT2D eigenvalue weighted by atomic mass is 9.70. The topological polar surface area (TPSA) is 62.2 Å². The number of carbonyl (C=O) groups excluding carboxylic acids is 1. The number of benzene rings is 2. The fourth-order valence-electron chi connectivity index (χ4n) is 3.31. The molecule has 0 saturated heterocycles. The van der Waals surface area contributed by atoms with Crippen LogP contribution in [0.3, 0.4) is 0 Å². The number of rotatable bonds is 6. The molecule has 0 aliphatic carbocycles. The lowest BCUT2D eigenvalue weighted by Crippen LogP contribution is -2.37. The highest BCUT2D eigenvalue weighted by Crippen LogP contribution is 2.42. The highest BCUT2D eigenvalue weighted by Gasteiger charge is 2.39. The van der Waals surface area contributed by atoms with E-state index >= 15 is 0 Å². The van der Waals surface area contributed by atoms with Crippen molar-refractivity contribution in [3.8, 4) is 0 Å². The van der Waals surface area contributed by atoms with Gasteiger partial charge in [-0.2, -0.15) is 0 Å². The van der Waals surface area contributed by atoms with Crippen LogP contribution in [0.1, 0.15) is 49.5 Å². The van der Waals surface area contributed by atoms with Crippen LogP contribution in [0.4, 0.5) is 5.13 Å². The van der Waals surface area contributed by atoms with Crippen LogP contribution in [-0.2, 0) is 4.79 Å². The molecule has 140 valence electrons. The second-order valence-corrected chi connectivity index (χ2v) is 8.09. The Bertz CT molecular complexity index is 872. The number of aliphatic hydroxyl groups is 1. The van der Waals surface area contributed by atoms with E-state index in [2.05, 4.69) is 10.3 Å². The normalized spacial score (nSPS) is 13.8. The molecule has 2 unspecified atom stereocenters. The van der Waals surface area contributed by atoms with Crippen molar-refractivity contribution in [2.75, 3.05) is 5.32 Å². The number of carbonyl (C=O) groups is 1. The molecular weight excluding hydrogens is 356 g/mol. The number of hydrogen-bond donors (Lipinski definition) is 2. The molecule has 2 atom stereocenters. The number of nitrogens with one attached hydrogen (secondary N) is 1. The molecule has 1 aromatic heterocycles. The van der Waals surface area contributed by atoms with Gasteiger partial charge in [0.2, 0.25) is 5.91 Å². The summed E-state index contributed by atoms with van der Waals surface area (Å²) in [6.45, 7) is 5.65. The average Bonchev–Trinajstić information content (AvgIpc) is 3.16. The highest BCUT2D eigenvalue weighted by molar-refractivity contribution is 7.13. The molecule has 0 aliphatic heterocycles. The summed E-state index contributed by atoms with van der Waals surface area (Å²) in [5, 5.41) is 15.2. The molecule has 1 amide bonds. The summed E-state index contributed by atoms with van der Waals surface area (Å²) in [7, 11) is 0. The van der Waals surface area contributed by atoms with Crippen molar-refractivity contribution in [2.24, 2.45) is 5.41 Å². The molecule has 4 nitrogen and oxygen atoms in total. The summed E-state index contributed by atoms with van der Waals surface area (Å²) in [4.78, 5) is 17.3. The van der Waals surface area contributed by atoms with Crippen LogP contribution < -0.4 is 5.32 Å². The Labute approximate surface area is 163 Å². The van der Waals surface area contributed by atoms with Crippen molar-refractivity contribution in [1.29, 1.82) is 0 Å². The van der Waals surface area contributed by atoms with Crippen molar-refractivity contribution in [3.63, 3.8) is 0 Å². The van der Waals surface area contributed by atoms with Crippen molar-refractivity contribution >= 4 is 22.4 Å². The number of amides is 1. The predicted molar refractivity (Wildman–Crippen MR) is 110 cm³/mol. The zero-order valence-electron chi connectivity index (χ0n) is 15.7. The van der Waals surface area contributed by atoms with Crippen LogP contribution in [0.25, 0.3) is 0 Å². The summed E-state index contributed by atoms with van der Waals surface area (Å²) in [6.07, 6.45) is 1.16. The number of anilines is 1. The van der Waals surface area contributed by atoms with E-state index in [0.29, 0.717) is 5.13 Å². The van der Waals surface area contributed by atoms with E-state index in [1.807, 2.05) is 73.8 Å². The first kappa shape index (κ1) is 19.3. The molecular formula is C22H24N2O2S. The van der Waals surface area contributed by atoms with Gasteiger partial charge < -0.3 is 10.4 Å². The standard InChI is InChI=1S/C22H24N2O2S/c1-15(25)16-9-11-18(12-10-16)19(17-7-5-4-6-8-17)22(2,3)20(26)24-21-23-13-14-27-21/h4-15,19,25H,1-3H3,(H,23,24,26). The fourth-order valence-corrected chi connectivity index (χ4v) is 3.84. The SMILES string of the molecule is CC(O)c1ccc(C(c2ccccc2)C(C)(C)C(=O)Nc2nccs2)cc1. The van der Waals surface area contributed by atoms with Gasteiger partial charge in [0.15, 0.2) is 5.13 Å². The summed E-state index contributed by atoms with van der Waals surface area (Å²) in [5.74, 6) is -0.215. The monoisotopic (exact) mass is 380 g/mol. The summed E-state index contributed by atoms with van der Waals surface area (Å²) >= 11 is 1.41. The van der Waals surface area contributed by atoms with Crippen molar-refractivity contribution in [1.82, 2.24) is 4.98 Å². The summed E-state index contributed by atoms with van der Waals surface area (Å²) in [5.41, 5.74) is 2.25. The Hall–Kier alpha value is -2.50. The minimum Gasteiger partial charge on any atom is -0.389 e. The Morgan fingerprint density at radius 3 is 2.19 bits per heavy atom. The number of thiazole rings is 1. The van der Waals surface area contributed by atoms with E-state index in [9.17, 15) is 9.90 Å². The predicted octanol–water partition coefficient (Wildman–Crippen LogP) is 4.99. The van der Waals surface area contributed by atoms with E-state index in [-0.39, 0.29) is 11.8 Å². The lowest BCUT2D eigenvalue weighted by Gasteiger charge is -2.34. The molecule has 0 radical (unpaired) electrons. The van der Waals surface area contributed by atoms with Crippen LogP contribution in [-0.4, -0.2) is 16.0 Å². The van der Waals surface area contributed by atoms with E-state index in [1.54, 1.807) is 13.1 Å². The Morgan fingerprint density at radius 1 is 1.04 bits per heavy atom. The fraction of sp³-hybridized carbons (Fsp3) is 0.273. The molecule has 0 fully saturated rings. The maximum Gasteiger partial charge on any atom is 0.232 e. The molecule has 2 N–H and O–H groups in total. The van der Waals surface area contributed by atoms with Gasteiger partial charge in [-0.15, -0.1) is 11.3 Å². The third kappa shape index (κ3) is 4.26. The molecule has 1 heterocycles.